The lowest BCUT2D eigenvalue weighted by molar-refractivity contribution is -0.384. The van der Waals surface area contributed by atoms with Crippen molar-refractivity contribution in [3.05, 3.63) is 63.7 Å². The first-order valence-electron chi connectivity index (χ1n) is 9.10. The van der Waals surface area contributed by atoms with Crippen LogP contribution in [0.15, 0.2) is 47.6 Å². The fraction of sp³-hybridized carbons (Fsp3) is 0.250. The Kier molecular flexibility index (Phi) is 7.41. The Morgan fingerprint density at radius 1 is 1.17 bits per heavy atom. The van der Waals surface area contributed by atoms with Gasteiger partial charge in [0.05, 0.1) is 11.1 Å². The Hall–Kier alpha value is -3.75. The molecule has 0 saturated heterocycles. The number of carbonyl (C=O) groups is 2. The number of nitrogens with zero attached hydrogens (tertiary/aromatic N) is 3. The van der Waals surface area contributed by atoms with E-state index in [1.807, 2.05) is 18.7 Å². The SMILES string of the molecule is CCN(CC)c1ccc([N+](=O)[O-])cc1C=NNC(=O)c1cccc(NC(C)=O)c1. The molecule has 152 valence electrons. The third-order valence-corrected chi connectivity index (χ3v) is 4.14. The molecule has 0 bridgehead atoms. The fourth-order valence-corrected chi connectivity index (χ4v) is 2.78. The van der Waals surface area contributed by atoms with Gasteiger partial charge in [-0.1, -0.05) is 6.07 Å². The molecule has 0 saturated carbocycles. The number of nitrogens with one attached hydrogen (secondary N) is 2. The molecular weight excluding hydrogens is 374 g/mol. The van der Waals surface area contributed by atoms with E-state index in [1.54, 1.807) is 24.3 Å². The van der Waals surface area contributed by atoms with Crippen molar-refractivity contribution in [3.63, 3.8) is 0 Å². The van der Waals surface area contributed by atoms with Crippen LogP contribution >= 0.6 is 0 Å². The van der Waals surface area contributed by atoms with E-state index < -0.39 is 10.8 Å². The number of nitro groups is 1. The first-order valence-corrected chi connectivity index (χ1v) is 9.10. The molecule has 0 aliphatic rings. The number of nitro benzene ring substituents is 1. The predicted molar refractivity (Wildman–Crippen MR) is 112 cm³/mol. The average Bonchev–Trinajstić information content (AvgIpc) is 2.69. The van der Waals surface area contributed by atoms with Gasteiger partial charge >= 0.3 is 0 Å². The van der Waals surface area contributed by atoms with Gasteiger partial charge in [-0.2, -0.15) is 5.10 Å². The van der Waals surface area contributed by atoms with E-state index in [9.17, 15) is 19.7 Å². The van der Waals surface area contributed by atoms with Crippen LogP contribution in [0.3, 0.4) is 0 Å². The number of carbonyl (C=O) groups excluding carboxylic acids is 2. The van der Waals surface area contributed by atoms with Gasteiger partial charge in [-0.3, -0.25) is 19.7 Å². The molecule has 0 fully saturated rings. The van der Waals surface area contributed by atoms with Gasteiger partial charge in [-0.15, -0.1) is 0 Å². The first kappa shape index (κ1) is 21.5. The molecule has 0 atom stereocenters. The zero-order valence-electron chi connectivity index (χ0n) is 16.5. The molecule has 0 radical (unpaired) electrons. The van der Waals surface area contributed by atoms with E-state index in [1.165, 1.54) is 31.3 Å². The molecular formula is C20H23N5O4. The second-order valence-electron chi connectivity index (χ2n) is 6.13. The summed E-state index contributed by atoms with van der Waals surface area (Å²) < 4.78 is 0. The second kappa shape index (κ2) is 9.98. The van der Waals surface area contributed by atoms with E-state index in [4.69, 9.17) is 0 Å². The highest BCUT2D eigenvalue weighted by Gasteiger charge is 2.13. The zero-order valence-corrected chi connectivity index (χ0v) is 16.5. The summed E-state index contributed by atoms with van der Waals surface area (Å²) in [4.78, 5) is 36.1. The number of non-ortho nitro benzene ring substituents is 1. The van der Waals surface area contributed by atoms with Gasteiger partial charge in [0.1, 0.15) is 0 Å². The standard InChI is InChI=1S/C20H23N5O4/c1-4-24(5-2)19-10-9-18(25(28)29)12-16(19)13-21-23-20(27)15-7-6-8-17(11-15)22-14(3)26/h6-13H,4-5H2,1-3H3,(H,22,26)(H,23,27). The maximum atomic E-state index is 12.3. The van der Waals surface area contributed by atoms with E-state index in [-0.39, 0.29) is 11.6 Å². The maximum Gasteiger partial charge on any atom is 0.271 e. The molecule has 9 nitrogen and oxygen atoms in total. The van der Waals surface area contributed by atoms with Crippen molar-refractivity contribution >= 4 is 35.1 Å². The second-order valence-corrected chi connectivity index (χ2v) is 6.13. The van der Waals surface area contributed by atoms with Crippen LogP contribution < -0.4 is 15.6 Å². The summed E-state index contributed by atoms with van der Waals surface area (Å²) in [5.74, 6) is -0.710. The number of anilines is 2. The van der Waals surface area contributed by atoms with Crippen LogP contribution in [-0.2, 0) is 4.79 Å². The fourth-order valence-electron chi connectivity index (χ4n) is 2.78. The number of rotatable bonds is 8. The number of hydrogen-bond acceptors (Lipinski definition) is 6. The third kappa shape index (κ3) is 5.86. The number of benzene rings is 2. The van der Waals surface area contributed by atoms with Crippen LogP contribution in [0.5, 0.6) is 0 Å². The third-order valence-electron chi connectivity index (χ3n) is 4.14. The van der Waals surface area contributed by atoms with Gasteiger partial charge in [0.15, 0.2) is 0 Å². The molecule has 2 amide bonds. The number of hydrogen-bond donors (Lipinski definition) is 2. The van der Waals surface area contributed by atoms with E-state index >= 15 is 0 Å². The van der Waals surface area contributed by atoms with Gasteiger partial charge in [-0.05, 0) is 38.1 Å². The molecule has 0 aliphatic carbocycles. The van der Waals surface area contributed by atoms with E-state index in [2.05, 4.69) is 15.8 Å². The normalized spacial score (nSPS) is 10.6. The molecule has 0 heterocycles. The molecule has 0 unspecified atom stereocenters. The first-order chi connectivity index (χ1) is 13.8. The van der Waals surface area contributed by atoms with Gasteiger partial charge in [-0.25, -0.2) is 5.43 Å². The van der Waals surface area contributed by atoms with Crippen molar-refractivity contribution in [2.24, 2.45) is 5.10 Å². The molecule has 2 N–H and O–H groups in total. The van der Waals surface area contributed by atoms with Crippen molar-refractivity contribution in [3.8, 4) is 0 Å². The minimum absolute atomic E-state index is 0.0586. The van der Waals surface area contributed by atoms with Crippen molar-refractivity contribution in [1.29, 1.82) is 0 Å². The largest absolute Gasteiger partial charge is 0.372 e. The van der Waals surface area contributed by atoms with E-state index in [0.717, 1.165) is 18.8 Å². The van der Waals surface area contributed by atoms with Crippen molar-refractivity contribution in [1.82, 2.24) is 5.43 Å². The van der Waals surface area contributed by atoms with Crippen molar-refractivity contribution in [2.75, 3.05) is 23.3 Å². The molecule has 2 aromatic rings. The topological polar surface area (TPSA) is 117 Å². The lowest BCUT2D eigenvalue weighted by Crippen LogP contribution is -2.23. The summed E-state index contributed by atoms with van der Waals surface area (Å²) in [6, 6.07) is 11.0. The van der Waals surface area contributed by atoms with Crippen molar-refractivity contribution < 1.29 is 14.5 Å². The highest BCUT2D eigenvalue weighted by atomic mass is 16.6. The molecule has 2 aromatic carbocycles. The van der Waals surface area contributed by atoms with E-state index in [0.29, 0.717) is 16.8 Å². The maximum absolute atomic E-state index is 12.3. The van der Waals surface area contributed by atoms with Crippen LogP contribution in [0, 0.1) is 10.1 Å². The summed E-state index contributed by atoms with van der Waals surface area (Å²) in [6.45, 7) is 6.78. The minimum Gasteiger partial charge on any atom is -0.372 e. The summed E-state index contributed by atoms with van der Waals surface area (Å²) in [6.07, 6.45) is 1.39. The summed E-state index contributed by atoms with van der Waals surface area (Å²) in [5, 5.41) is 17.7. The Labute approximate surface area is 168 Å². The summed E-state index contributed by atoms with van der Waals surface area (Å²) in [7, 11) is 0. The summed E-state index contributed by atoms with van der Waals surface area (Å²) in [5.41, 5.74) is 4.47. The highest BCUT2D eigenvalue weighted by molar-refractivity contribution is 5.97. The van der Waals surface area contributed by atoms with Crippen LogP contribution in [-0.4, -0.2) is 36.0 Å². The molecule has 29 heavy (non-hydrogen) atoms. The number of hydrazone groups is 1. The Morgan fingerprint density at radius 2 is 1.90 bits per heavy atom. The van der Waals surface area contributed by atoms with Gasteiger partial charge in [0.2, 0.25) is 5.91 Å². The van der Waals surface area contributed by atoms with Crippen LogP contribution in [0.2, 0.25) is 0 Å². The van der Waals surface area contributed by atoms with Crippen LogP contribution in [0.25, 0.3) is 0 Å². The van der Waals surface area contributed by atoms with Crippen molar-refractivity contribution in [2.45, 2.75) is 20.8 Å². The predicted octanol–water partition coefficient (Wildman–Crippen LogP) is 3.16. The summed E-state index contributed by atoms with van der Waals surface area (Å²) >= 11 is 0. The highest BCUT2D eigenvalue weighted by Crippen LogP contribution is 2.24. The Bertz CT molecular complexity index is 938. The lowest BCUT2D eigenvalue weighted by atomic mass is 10.1. The zero-order chi connectivity index (χ0) is 21.4. The molecule has 9 heteroatoms. The molecule has 0 spiro atoms. The molecule has 0 aromatic heterocycles. The van der Waals surface area contributed by atoms with Crippen LogP contribution in [0.1, 0.15) is 36.7 Å². The quantitative estimate of drug-likeness (QED) is 0.403. The van der Waals surface area contributed by atoms with Gasteiger partial charge in [0.25, 0.3) is 11.6 Å². The average molecular weight is 397 g/mol. The van der Waals surface area contributed by atoms with Crippen LogP contribution in [0.4, 0.5) is 17.1 Å². The smallest absolute Gasteiger partial charge is 0.271 e. The minimum atomic E-state index is -0.477. The monoisotopic (exact) mass is 397 g/mol. The van der Waals surface area contributed by atoms with Gasteiger partial charge < -0.3 is 10.2 Å². The molecule has 2 rings (SSSR count). The number of amides is 2. The van der Waals surface area contributed by atoms with Gasteiger partial charge in [0, 0.05) is 54.6 Å². The Balaban J connectivity index is 2.22. The Morgan fingerprint density at radius 3 is 2.52 bits per heavy atom. The lowest BCUT2D eigenvalue weighted by Gasteiger charge is -2.22. The molecule has 0 aliphatic heterocycles.